The van der Waals surface area contributed by atoms with Gasteiger partial charge in [-0.1, -0.05) is 29.8 Å². The first kappa shape index (κ1) is 15.3. The molecule has 4 aromatic rings. The average Bonchev–Trinajstić information content (AvgIpc) is 2.91. The Labute approximate surface area is 147 Å². The van der Waals surface area contributed by atoms with E-state index in [2.05, 4.69) is 4.98 Å². The van der Waals surface area contributed by atoms with Crippen LogP contribution in [0.3, 0.4) is 0 Å². The summed E-state index contributed by atoms with van der Waals surface area (Å²) in [5.41, 5.74) is 2.95. The van der Waals surface area contributed by atoms with Gasteiger partial charge in [-0.25, -0.2) is 9.78 Å². The fourth-order valence-corrected chi connectivity index (χ4v) is 3.38. The Morgan fingerprint density at radius 2 is 2.04 bits per heavy atom. The molecule has 0 saturated carbocycles. The van der Waals surface area contributed by atoms with Crippen LogP contribution in [0.4, 0.5) is 0 Å². The van der Waals surface area contributed by atoms with E-state index in [1.165, 1.54) is 0 Å². The highest BCUT2D eigenvalue weighted by Crippen LogP contribution is 2.26. The van der Waals surface area contributed by atoms with Crippen LogP contribution < -0.4 is 5.76 Å². The van der Waals surface area contributed by atoms with Crippen LogP contribution in [0.25, 0.3) is 22.0 Å². The number of fused-ring (bicyclic) bond motifs is 2. The molecule has 0 amide bonds. The van der Waals surface area contributed by atoms with Crippen LogP contribution in [0.5, 0.6) is 0 Å². The highest BCUT2D eigenvalue weighted by Gasteiger charge is 2.12. The molecule has 0 unspecified atom stereocenters. The predicted molar refractivity (Wildman–Crippen MR) is 98.1 cm³/mol. The molecule has 4 rings (SSSR count). The third kappa shape index (κ3) is 2.60. The minimum absolute atomic E-state index is 0.321. The van der Waals surface area contributed by atoms with Crippen molar-refractivity contribution < 1.29 is 4.42 Å². The van der Waals surface area contributed by atoms with Gasteiger partial charge in [0.2, 0.25) is 0 Å². The Morgan fingerprint density at radius 1 is 1.21 bits per heavy atom. The second kappa shape index (κ2) is 6.00. The van der Waals surface area contributed by atoms with Gasteiger partial charge in [0, 0.05) is 15.8 Å². The van der Waals surface area contributed by atoms with Crippen molar-refractivity contribution in [3.63, 3.8) is 0 Å². The van der Waals surface area contributed by atoms with Gasteiger partial charge in [0.1, 0.15) is 5.15 Å². The SMILES string of the molecule is CSc1ccc2cc(Cn3c(=O)oc4ccccc43)c(Cl)nc2c1. The largest absolute Gasteiger partial charge is 0.420 e. The quantitative estimate of drug-likeness (QED) is 0.398. The van der Waals surface area contributed by atoms with E-state index in [0.29, 0.717) is 17.3 Å². The van der Waals surface area contributed by atoms with E-state index in [4.69, 9.17) is 16.0 Å². The molecule has 0 saturated heterocycles. The number of benzene rings is 2. The van der Waals surface area contributed by atoms with Gasteiger partial charge in [0.15, 0.2) is 5.58 Å². The van der Waals surface area contributed by atoms with Gasteiger partial charge in [-0.15, -0.1) is 11.8 Å². The van der Waals surface area contributed by atoms with E-state index in [9.17, 15) is 4.79 Å². The molecule has 0 bridgehead atoms. The van der Waals surface area contributed by atoms with Crippen LogP contribution in [-0.2, 0) is 6.54 Å². The molecule has 0 aliphatic heterocycles. The monoisotopic (exact) mass is 356 g/mol. The highest BCUT2D eigenvalue weighted by molar-refractivity contribution is 7.98. The van der Waals surface area contributed by atoms with E-state index in [1.807, 2.05) is 48.7 Å². The van der Waals surface area contributed by atoms with Crippen LogP contribution in [0.1, 0.15) is 5.56 Å². The van der Waals surface area contributed by atoms with Crippen molar-refractivity contribution in [2.24, 2.45) is 0 Å². The molecule has 2 aromatic heterocycles. The minimum atomic E-state index is -0.398. The molecular formula is C18H13ClN2O2S. The molecule has 0 atom stereocenters. The molecule has 0 N–H and O–H groups in total. The van der Waals surface area contributed by atoms with Gasteiger partial charge in [0.05, 0.1) is 17.6 Å². The number of nitrogens with zero attached hydrogens (tertiary/aromatic N) is 2. The zero-order valence-electron chi connectivity index (χ0n) is 12.8. The zero-order chi connectivity index (χ0) is 16.7. The summed E-state index contributed by atoms with van der Waals surface area (Å²) in [6.45, 7) is 0.321. The fourth-order valence-electron chi connectivity index (χ4n) is 2.74. The van der Waals surface area contributed by atoms with E-state index in [-0.39, 0.29) is 0 Å². The second-order valence-corrected chi connectivity index (χ2v) is 6.66. The normalized spacial score (nSPS) is 11.4. The summed E-state index contributed by atoms with van der Waals surface area (Å²) in [6.07, 6.45) is 2.02. The van der Waals surface area contributed by atoms with Crippen LogP contribution in [0.15, 0.2) is 62.6 Å². The van der Waals surface area contributed by atoms with Gasteiger partial charge >= 0.3 is 5.76 Å². The molecule has 2 aromatic carbocycles. The molecule has 6 heteroatoms. The van der Waals surface area contributed by atoms with Gasteiger partial charge in [0.25, 0.3) is 0 Å². The molecule has 0 radical (unpaired) electrons. The maximum atomic E-state index is 12.1. The Kier molecular flexibility index (Phi) is 3.82. The lowest BCUT2D eigenvalue weighted by atomic mass is 10.1. The molecule has 0 aliphatic rings. The number of para-hydroxylation sites is 2. The van der Waals surface area contributed by atoms with Crippen LogP contribution in [-0.4, -0.2) is 15.8 Å². The lowest BCUT2D eigenvalue weighted by molar-refractivity contribution is 0.517. The average molecular weight is 357 g/mol. The maximum absolute atomic E-state index is 12.1. The summed E-state index contributed by atoms with van der Waals surface area (Å²) in [6, 6.07) is 15.4. The van der Waals surface area contributed by atoms with Gasteiger partial charge < -0.3 is 4.42 Å². The number of hydrogen-bond acceptors (Lipinski definition) is 4. The molecule has 24 heavy (non-hydrogen) atoms. The van der Waals surface area contributed by atoms with E-state index in [1.54, 1.807) is 22.4 Å². The maximum Gasteiger partial charge on any atom is 0.420 e. The Bertz CT molecular complexity index is 1120. The second-order valence-electron chi connectivity index (χ2n) is 5.42. The summed E-state index contributed by atoms with van der Waals surface area (Å²) in [7, 11) is 0. The van der Waals surface area contributed by atoms with Crippen LogP contribution in [0, 0.1) is 0 Å². The number of rotatable bonds is 3. The summed E-state index contributed by atoms with van der Waals surface area (Å²) >= 11 is 8.02. The molecule has 0 aliphatic carbocycles. The van der Waals surface area contributed by atoms with Crippen LogP contribution in [0.2, 0.25) is 5.15 Å². The van der Waals surface area contributed by atoms with Crippen molar-refractivity contribution in [3.05, 3.63) is 69.8 Å². The van der Waals surface area contributed by atoms with E-state index >= 15 is 0 Å². The predicted octanol–water partition coefficient (Wildman–Crippen LogP) is 4.57. The van der Waals surface area contributed by atoms with Crippen molar-refractivity contribution in [2.75, 3.05) is 6.26 Å². The molecular weight excluding hydrogens is 344 g/mol. The topological polar surface area (TPSA) is 48.0 Å². The number of halogens is 1. The number of thioether (sulfide) groups is 1. The summed E-state index contributed by atoms with van der Waals surface area (Å²) in [4.78, 5) is 17.7. The summed E-state index contributed by atoms with van der Waals surface area (Å²) < 4.78 is 6.84. The van der Waals surface area contributed by atoms with Crippen molar-refractivity contribution in [1.29, 1.82) is 0 Å². The van der Waals surface area contributed by atoms with Crippen molar-refractivity contribution >= 4 is 45.4 Å². The first-order chi connectivity index (χ1) is 11.7. The van der Waals surface area contributed by atoms with E-state index in [0.717, 1.165) is 26.9 Å². The zero-order valence-corrected chi connectivity index (χ0v) is 14.4. The Hall–Kier alpha value is -2.24. The molecule has 2 heterocycles. The van der Waals surface area contributed by atoms with Crippen molar-refractivity contribution in [1.82, 2.24) is 9.55 Å². The third-order valence-electron chi connectivity index (χ3n) is 3.95. The molecule has 120 valence electrons. The fraction of sp³-hybridized carbons (Fsp3) is 0.111. The lowest BCUT2D eigenvalue weighted by Gasteiger charge is -2.08. The summed E-state index contributed by atoms with van der Waals surface area (Å²) in [5.74, 6) is -0.398. The lowest BCUT2D eigenvalue weighted by Crippen LogP contribution is -2.15. The minimum Gasteiger partial charge on any atom is -0.408 e. The molecule has 4 nitrogen and oxygen atoms in total. The third-order valence-corrected chi connectivity index (χ3v) is 5.01. The van der Waals surface area contributed by atoms with Crippen molar-refractivity contribution in [2.45, 2.75) is 11.4 Å². The highest BCUT2D eigenvalue weighted by atomic mass is 35.5. The number of oxazole rings is 1. The first-order valence-electron chi connectivity index (χ1n) is 7.37. The first-order valence-corrected chi connectivity index (χ1v) is 8.97. The standard InChI is InChI=1S/C18H13ClN2O2S/c1-24-13-7-6-11-8-12(17(19)20-14(11)9-13)10-21-15-4-2-3-5-16(15)23-18(21)22/h2-9H,10H2,1H3. The Morgan fingerprint density at radius 3 is 2.88 bits per heavy atom. The molecule has 0 fully saturated rings. The molecule has 0 spiro atoms. The van der Waals surface area contributed by atoms with Gasteiger partial charge in [-0.2, -0.15) is 0 Å². The number of pyridine rings is 1. The Balaban J connectivity index is 1.83. The van der Waals surface area contributed by atoms with Gasteiger partial charge in [-0.3, -0.25) is 4.57 Å². The number of hydrogen-bond donors (Lipinski definition) is 0. The number of aromatic nitrogens is 2. The summed E-state index contributed by atoms with van der Waals surface area (Å²) in [5, 5.41) is 1.39. The van der Waals surface area contributed by atoms with Crippen molar-refractivity contribution in [3.8, 4) is 0 Å². The van der Waals surface area contributed by atoms with Gasteiger partial charge in [-0.05, 0) is 36.6 Å². The van der Waals surface area contributed by atoms with Crippen LogP contribution >= 0.6 is 23.4 Å². The van der Waals surface area contributed by atoms with E-state index < -0.39 is 5.76 Å². The smallest absolute Gasteiger partial charge is 0.408 e.